The molecule has 0 unspecified atom stereocenters. The summed E-state index contributed by atoms with van der Waals surface area (Å²) in [6, 6.07) is 0. The van der Waals surface area contributed by atoms with Gasteiger partial charge in [-0.25, -0.2) is 4.79 Å². The number of hydrogen-bond donors (Lipinski definition) is 2. The number of hydrogen-bond acceptors (Lipinski definition) is 5. The lowest BCUT2D eigenvalue weighted by molar-refractivity contribution is -0.124. The van der Waals surface area contributed by atoms with Crippen LogP contribution in [0.4, 0.5) is 0 Å². The Morgan fingerprint density at radius 3 is 2.25 bits per heavy atom. The largest absolute Gasteiger partial charge is 0.462 e. The van der Waals surface area contributed by atoms with E-state index in [4.69, 9.17) is 4.74 Å². The highest BCUT2D eigenvalue weighted by Gasteiger charge is 2.28. The standard InChI is InChI=1S/C20H32N4O4/c1-7-28-19(27)16-13(2)17(21-14(16)3)18(26)24-10-8-23(9-11-24)12-15(25)22-20(4,5)6/h21H,7-12H2,1-6H3,(H,22,25). The Labute approximate surface area is 166 Å². The number of H-pyrrole nitrogens is 1. The van der Waals surface area contributed by atoms with Crippen LogP contribution in [0.2, 0.25) is 0 Å². The van der Waals surface area contributed by atoms with Crippen LogP contribution in [0.25, 0.3) is 0 Å². The number of nitrogens with zero attached hydrogens (tertiary/aromatic N) is 2. The molecule has 28 heavy (non-hydrogen) atoms. The minimum Gasteiger partial charge on any atom is -0.462 e. The molecule has 2 N–H and O–H groups in total. The molecule has 1 fully saturated rings. The Morgan fingerprint density at radius 1 is 1.11 bits per heavy atom. The van der Waals surface area contributed by atoms with Crippen LogP contribution in [0.3, 0.4) is 0 Å². The molecule has 8 heteroatoms. The summed E-state index contributed by atoms with van der Waals surface area (Å²) in [7, 11) is 0. The number of rotatable bonds is 5. The Morgan fingerprint density at radius 2 is 1.71 bits per heavy atom. The van der Waals surface area contributed by atoms with Crippen molar-refractivity contribution in [1.29, 1.82) is 0 Å². The van der Waals surface area contributed by atoms with Gasteiger partial charge in [0.15, 0.2) is 0 Å². The van der Waals surface area contributed by atoms with E-state index in [9.17, 15) is 14.4 Å². The number of aryl methyl sites for hydroxylation is 1. The summed E-state index contributed by atoms with van der Waals surface area (Å²) in [5.74, 6) is -0.556. The molecular formula is C20H32N4O4. The first kappa shape index (κ1) is 21.9. The van der Waals surface area contributed by atoms with Gasteiger partial charge in [0.25, 0.3) is 5.91 Å². The molecule has 0 radical (unpaired) electrons. The van der Waals surface area contributed by atoms with Gasteiger partial charge in [0.1, 0.15) is 5.69 Å². The van der Waals surface area contributed by atoms with Crippen molar-refractivity contribution in [2.24, 2.45) is 0 Å². The third-order valence-electron chi connectivity index (χ3n) is 4.67. The molecule has 1 aromatic rings. The number of nitrogens with one attached hydrogen (secondary N) is 2. The van der Waals surface area contributed by atoms with Crippen molar-refractivity contribution in [3.8, 4) is 0 Å². The quantitative estimate of drug-likeness (QED) is 0.740. The highest BCUT2D eigenvalue weighted by molar-refractivity contribution is 6.00. The maximum atomic E-state index is 12.9. The van der Waals surface area contributed by atoms with E-state index in [2.05, 4.69) is 10.3 Å². The molecule has 0 spiro atoms. The molecule has 2 amide bonds. The van der Waals surface area contributed by atoms with Crippen molar-refractivity contribution in [2.75, 3.05) is 39.3 Å². The van der Waals surface area contributed by atoms with E-state index in [1.54, 1.807) is 25.7 Å². The molecule has 8 nitrogen and oxygen atoms in total. The first-order chi connectivity index (χ1) is 13.0. The van der Waals surface area contributed by atoms with Crippen LogP contribution in [-0.2, 0) is 9.53 Å². The molecule has 0 aromatic carbocycles. The highest BCUT2D eigenvalue weighted by Crippen LogP contribution is 2.21. The number of carbonyl (C=O) groups excluding carboxylic acids is 3. The molecule has 2 heterocycles. The number of ether oxygens (including phenoxy) is 1. The molecule has 1 aromatic heterocycles. The fraction of sp³-hybridized carbons (Fsp3) is 0.650. The van der Waals surface area contributed by atoms with Gasteiger partial charge in [-0.05, 0) is 47.1 Å². The lowest BCUT2D eigenvalue weighted by Gasteiger charge is -2.34. The van der Waals surface area contributed by atoms with Crippen LogP contribution in [0.15, 0.2) is 0 Å². The fourth-order valence-electron chi connectivity index (χ4n) is 3.40. The van der Waals surface area contributed by atoms with Gasteiger partial charge in [-0.3, -0.25) is 14.5 Å². The predicted molar refractivity (Wildman–Crippen MR) is 106 cm³/mol. The molecular weight excluding hydrogens is 360 g/mol. The van der Waals surface area contributed by atoms with Crippen molar-refractivity contribution >= 4 is 17.8 Å². The number of aromatic amines is 1. The van der Waals surface area contributed by atoms with E-state index in [1.807, 2.05) is 25.7 Å². The van der Waals surface area contributed by atoms with Gasteiger partial charge in [-0.2, -0.15) is 0 Å². The van der Waals surface area contributed by atoms with Gasteiger partial charge in [-0.15, -0.1) is 0 Å². The molecule has 0 bridgehead atoms. The summed E-state index contributed by atoms with van der Waals surface area (Å²) in [5, 5.41) is 2.95. The molecule has 156 valence electrons. The van der Waals surface area contributed by atoms with E-state index in [0.717, 1.165) is 0 Å². The van der Waals surface area contributed by atoms with E-state index < -0.39 is 5.97 Å². The summed E-state index contributed by atoms with van der Waals surface area (Å²) < 4.78 is 5.09. The number of carbonyl (C=O) groups is 3. The lowest BCUT2D eigenvalue weighted by atomic mass is 10.1. The van der Waals surface area contributed by atoms with Crippen LogP contribution in [-0.4, -0.2) is 77.4 Å². The van der Waals surface area contributed by atoms with Crippen LogP contribution in [0.5, 0.6) is 0 Å². The Balaban J connectivity index is 1.98. The first-order valence-electron chi connectivity index (χ1n) is 9.72. The lowest BCUT2D eigenvalue weighted by Crippen LogP contribution is -2.53. The predicted octanol–water partition coefficient (Wildman–Crippen LogP) is 1.48. The number of esters is 1. The molecule has 0 atom stereocenters. The first-order valence-corrected chi connectivity index (χ1v) is 9.72. The van der Waals surface area contributed by atoms with Crippen molar-refractivity contribution in [3.63, 3.8) is 0 Å². The van der Waals surface area contributed by atoms with Crippen molar-refractivity contribution in [1.82, 2.24) is 20.1 Å². The SMILES string of the molecule is CCOC(=O)c1c(C)[nH]c(C(=O)N2CCN(CC(=O)NC(C)(C)C)CC2)c1C. The van der Waals surface area contributed by atoms with Gasteiger partial charge < -0.3 is 19.9 Å². The normalized spacial score (nSPS) is 15.4. The average Bonchev–Trinajstić information content (AvgIpc) is 2.88. The summed E-state index contributed by atoms with van der Waals surface area (Å²) in [4.78, 5) is 44.0. The molecule has 0 saturated carbocycles. The molecule has 0 aliphatic carbocycles. The zero-order valence-electron chi connectivity index (χ0n) is 17.8. The van der Waals surface area contributed by atoms with E-state index in [0.29, 0.717) is 55.2 Å². The monoisotopic (exact) mass is 392 g/mol. The zero-order valence-corrected chi connectivity index (χ0v) is 17.8. The maximum Gasteiger partial charge on any atom is 0.340 e. The van der Waals surface area contributed by atoms with Crippen LogP contribution < -0.4 is 5.32 Å². The maximum absolute atomic E-state index is 12.9. The zero-order chi connectivity index (χ0) is 21.1. The van der Waals surface area contributed by atoms with Crippen LogP contribution in [0, 0.1) is 13.8 Å². The Kier molecular flexibility index (Phi) is 6.87. The molecule has 1 aliphatic rings. The van der Waals surface area contributed by atoms with Gasteiger partial charge in [0.2, 0.25) is 5.91 Å². The van der Waals surface area contributed by atoms with Gasteiger partial charge >= 0.3 is 5.97 Å². The smallest absolute Gasteiger partial charge is 0.340 e. The topological polar surface area (TPSA) is 94.7 Å². The molecule has 1 aliphatic heterocycles. The highest BCUT2D eigenvalue weighted by atomic mass is 16.5. The third kappa shape index (κ3) is 5.34. The number of piperazine rings is 1. The summed E-state index contributed by atoms with van der Waals surface area (Å²) in [6.07, 6.45) is 0. The summed E-state index contributed by atoms with van der Waals surface area (Å²) >= 11 is 0. The Hall–Kier alpha value is -2.35. The van der Waals surface area contributed by atoms with E-state index in [-0.39, 0.29) is 24.0 Å². The van der Waals surface area contributed by atoms with Crippen molar-refractivity contribution in [2.45, 2.75) is 47.1 Å². The second kappa shape index (κ2) is 8.77. The fourth-order valence-corrected chi connectivity index (χ4v) is 3.40. The third-order valence-corrected chi connectivity index (χ3v) is 4.67. The molecule has 2 rings (SSSR count). The molecule has 1 saturated heterocycles. The summed E-state index contributed by atoms with van der Waals surface area (Å²) in [5.41, 5.74) is 1.86. The minimum absolute atomic E-state index is 0.0119. The minimum atomic E-state index is -0.414. The van der Waals surface area contributed by atoms with Crippen molar-refractivity contribution < 1.29 is 19.1 Å². The van der Waals surface area contributed by atoms with Crippen molar-refractivity contribution in [3.05, 3.63) is 22.5 Å². The second-order valence-electron chi connectivity index (χ2n) is 8.21. The van der Waals surface area contributed by atoms with Gasteiger partial charge in [0.05, 0.1) is 18.7 Å². The Bertz CT molecular complexity index is 740. The van der Waals surface area contributed by atoms with Gasteiger partial charge in [-0.1, -0.05) is 0 Å². The van der Waals surface area contributed by atoms with E-state index >= 15 is 0 Å². The van der Waals surface area contributed by atoms with Crippen LogP contribution in [0.1, 0.15) is 59.8 Å². The number of amides is 2. The van der Waals surface area contributed by atoms with Crippen LogP contribution >= 0.6 is 0 Å². The van der Waals surface area contributed by atoms with Gasteiger partial charge in [0, 0.05) is 37.4 Å². The summed E-state index contributed by atoms with van der Waals surface area (Å²) in [6.45, 7) is 14.1. The average molecular weight is 393 g/mol. The second-order valence-corrected chi connectivity index (χ2v) is 8.21. The number of aromatic nitrogens is 1. The van der Waals surface area contributed by atoms with E-state index in [1.165, 1.54) is 0 Å².